The number of halogens is 1. The third-order valence-corrected chi connectivity index (χ3v) is 6.10. The summed E-state index contributed by atoms with van der Waals surface area (Å²) in [6.45, 7) is 7.12. The van der Waals surface area contributed by atoms with Gasteiger partial charge in [-0.1, -0.05) is 42.5 Å². The predicted octanol–water partition coefficient (Wildman–Crippen LogP) is 3.24. The van der Waals surface area contributed by atoms with Crippen molar-refractivity contribution in [2.45, 2.75) is 31.7 Å². The fourth-order valence-corrected chi connectivity index (χ4v) is 4.49. The Morgan fingerprint density at radius 1 is 1.12 bits per heavy atom. The molecule has 0 radical (unpaired) electrons. The Hall–Kier alpha value is -2.04. The zero-order chi connectivity index (χ0) is 22.3. The minimum Gasteiger partial charge on any atom is -0.493 e. The van der Waals surface area contributed by atoms with Crippen LogP contribution in [0.15, 0.2) is 59.6 Å². The molecule has 4 rings (SSSR count). The molecule has 0 bridgehead atoms. The molecular formula is C25H35IN4O3. The number of aliphatic imine (C=N–C) groups is 1. The van der Waals surface area contributed by atoms with Crippen molar-refractivity contribution >= 4 is 29.9 Å². The summed E-state index contributed by atoms with van der Waals surface area (Å²) in [5, 5.41) is 3.48. The number of methoxy groups -OCH3 is 1. The molecule has 2 heterocycles. The highest BCUT2D eigenvalue weighted by atomic mass is 127. The molecule has 0 amide bonds. The van der Waals surface area contributed by atoms with Gasteiger partial charge in [0.2, 0.25) is 0 Å². The lowest BCUT2D eigenvalue weighted by Crippen LogP contribution is -2.50. The summed E-state index contributed by atoms with van der Waals surface area (Å²) in [4.78, 5) is 9.37. The third-order valence-electron chi connectivity index (χ3n) is 6.10. The van der Waals surface area contributed by atoms with Crippen molar-refractivity contribution in [3.8, 4) is 11.5 Å². The van der Waals surface area contributed by atoms with E-state index in [9.17, 15) is 0 Å². The van der Waals surface area contributed by atoms with Crippen LogP contribution in [0.5, 0.6) is 11.5 Å². The number of benzene rings is 2. The van der Waals surface area contributed by atoms with Gasteiger partial charge in [0.1, 0.15) is 6.10 Å². The Morgan fingerprint density at radius 2 is 1.85 bits per heavy atom. The van der Waals surface area contributed by atoms with Crippen molar-refractivity contribution in [2.24, 2.45) is 4.99 Å². The van der Waals surface area contributed by atoms with E-state index in [1.165, 1.54) is 5.56 Å². The molecule has 2 fully saturated rings. The molecule has 1 N–H and O–H groups in total. The monoisotopic (exact) mass is 566 g/mol. The number of rotatable bonds is 7. The third kappa shape index (κ3) is 6.51. The van der Waals surface area contributed by atoms with Crippen LogP contribution in [0, 0.1) is 0 Å². The molecule has 0 spiro atoms. The van der Waals surface area contributed by atoms with Crippen LogP contribution in [0.1, 0.15) is 12.5 Å². The molecule has 0 aliphatic carbocycles. The van der Waals surface area contributed by atoms with Crippen molar-refractivity contribution in [1.82, 2.24) is 15.1 Å². The zero-order valence-electron chi connectivity index (χ0n) is 19.6. The Bertz CT molecular complexity index is 898. The topological polar surface area (TPSA) is 58.6 Å². The number of nitrogens with zero attached hydrogens (tertiary/aromatic N) is 3. The summed E-state index contributed by atoms with van der Waals surface area (Å²) in [5.41, 5.74) is 1.34. The number of hydrogen-bond donors (Lipinski definition) is 1. The molecule has 33 heavy (non-hydrogen) atoms. The van der Waals surface area contributed by atoms with Gasteiger partial charge in [0.25, 0.3) is 0 Å². The number of likely N-dealkylation sites (tertiary alicyclic amines) is 1. The van der Waals surface area contributed by atoms with Crippen molar-refractivity contribution in [2.75, 3.05) is 46.9 Å². The SMILES string of the molecule is CN=C(NCC(C)Oc1ccccc1OC)N1CC2OCCN(Cc3ccccc3)C2C1.I. The van der Waals surface area contributed by atoms with Crippen LogP contribution in [-0.4, -0.2) is 81.0 Å². The lowest BCUT2D eigenvalue weighted by Gasteiger charge is -2.36. The molecule has 2 aromatic carbocycles. The van der Waals surface area contributed by atoms with Crippen LogP contribution >= 0.6 is 24.0 Å². The standard InChI is InChI=1S/C25H34N4O3.HI/c1-19(32-23-12-8-7-11-22(23)30-3)15-27-25(26-2)29-17-21-24(18-29)31-14-13-28(21)16-20-9-5-4-6-10-20;/h4-12,19,21,24H,13-18H2,1-3H3,(H,26,27);1H. The van der Waals surface area contributed by atoms with E-state index in [4.69, 9.17) is 14.2 Å². The Morgan fingerprint density at radius 3 is 2.58 bits per heavy atom. The number of morpholine rings is 1. The summed E-state index contributed by atoms with van der Waals surface area (Å²) < 4.78 is 17.6. The molecule has 2 aliphatic rings. The highest BCUT2D eigenvalue weighted by Gasteiger charge is 2.41. The van der Waals surface area contributed by atoms with E-state index in [1.807, 2.05) is 38.2 Å². The van der Waals surface area contributed by atoms with Crippen molar-refractivity contribution in [3.63, 3.8) is 0 Å². The first-order valence-corrected chi connectivity index (χ1v) is 11.3. The minimum absolute atomic E-state index is 0. The summed E-state index contributed by atoms with van der Waals surface area (Å²) in [6.07, 6.45) is 0.159. The van der Waals surface area contributed by atoms with Gasteiger partial charge in [0.05, 0.1) is 32.4 Å². The Labute approximate surface area is 214 Å². The molecule has 3 atom stereocenters. The van der Waals surface area contributed by atoms with E-state index in [0.717, 1.165) is 50.2 Å². The van der Waals surface area contributed by atoms with Crippen LogP contribution in [0.3, 0.4) is 0 Å². The van der Waals surface area contributed by atoms with Gasteiger partial charge in [-0.15, -0.1) is 24.0 Å². The molecule has 0 aromatic heterocycles. The fraction of sp³-hybridized carbons (Fsp3) is 0.480. The number of guanidine groups is 1. The van der Waals surface area contributed by atoms with Gasteiger partial charge >= 0.3 is 0 Å². The fourth-order valence-electron chi connectivity index (χ4n) is 4.49. The van der Waals surface area contributed by atoms with E-state index < -0.39 is 0 Å². The van der Waals surface area contributed by atoms with Gasteiger partial charge in [-0.2, -0.15) is 0 Å². The Kier molecular flexibility index (Phi) is 9.64. The first-order chi connectivity index (χ1) is 15.7. The van der Waals surface area contributed by atoms with E-state index >= 15 is 0 Å². The molecule has 2 aliphatic heterocycles. The number of ether oxygens (including phenoxy) is 3. The van der Waals surface area contributed by atoms with E-state index in [2.05, 4.69) is 50.4 Å². The van der Waals surface area contributed by atoms with Gasteiger partial charge < -0.3 is 24.4 Å². The Balaban J connectivity index is 0.00000306. The molecule has 2 aromatic rings. The lowest BCUT2D eigenvalue weighted by molar-refractivity contribution is -0.0502. The number of para-hydroxylation sites is 2. The van der Waals surface area contributed by atoms with Crippen molar-refractivity contribution in [3.05, 3.63) is 60.2 Å². The molecular weight excluding hydrogens is 531 g/mol. The van der Waals surface area contributed by atoms with Crippen molar-refractivity contribution < 1.29 is 14.2 Å². The van der Waals surface area contributed by atoms with E-state index in [1.54, 1.807) is 7.11 Å². The maximum absolute atomic E-state index is 6.12. The van der Waals surface area contributed by atoms with E-state index in [0.29, 0.717) is 12.6 Å². The lowest BCUT2D eigenvalue weighted by atomic mass is 10.1. The van der Waals surface area contributed by atoms with Crippen LogP contribution in [-0.2, 0) is 11.3 Å². The van der Waals surface area contributed by atoms with E-state index in [-0.39, 0.29) is 36.2 Å². The summed E-state index contributed by atoms with van der Waals surface area (Å²) in [6, 6.07) is 18.7. The van der Waals surface area contributed by atoms with Gasteiger partial charge in [0, 0.05) is 33.2 Å². The average molecular weight is 566 g/mol. The number of nitrogens with one attached hydrogen (secondary N) is 1. The number of hydrogen-bond acceptors (Lipinski definition) is 5. The second-order valence-electron chi connectivity index (χ2n) is 8.35. The maximum Gasteiger partial charge on any atom is 0.193 e. The quantitative estimate of drug-likeness (QED) is 0.316. The van der Waals surface area contributed by atoms with Crippen molar-refractivity contribution in [1.29, 1.82) is 0 Å². The molecule has 180 valence electrons. The maximum atomic E-state index is 6.12. The second-order valence-corrected chi connectivity index (χ2v) is 8.35. The normalized spacial score (nSPS) is 21.7. The highest BCUT2D eigenvalue weighted by molar-refractivity contribution is 14.0. The largest absolute Gasteiger partial charge is 0.493 e. The highest BCUT2D eigenvalue weighted by Crippen LogP contribution is 2.27. The number of fused-ring (bicyclic) bond motifs is 1. The minimum atomic E-state index is -0.0428. The predicted molar refractivity (Wildman–Crippen MR) is 142 cm³/mol. The van der Waals surface area contributed by atoms with Gasteiger partial charge in [-0.25, -0.2) is 0 Å². The van der Waals surface area contributed by atoms with Gasteiger partial charge in [-0.3, -0.25) is 9.89 Å². The van der Waals surface area contributed by atoms with Gasteiger partial charge in [-0.05, 0) is 24.6 Å². The second kappa shape index (κ2) is 12.4. The first-order valence-electron chi connectivity index (χ1n) is 11.3. The average Bonchev–Trinajstić information content (AvgIpc) is 3.26. The molecule has 0 saturated carbocycles. The van der Waals surface area contributed by atoms with Crippen LogP contribution in [0.4, 0.5) is 0 Å². The molecule has 7 nitrogen and oxygen atoms in total. The summed E-state index contributed by atoms with van der Waals surface area (Å²) >= 11 is 0. The molecule has 2 saturated heterocycles. The van der Waals surface area contributed by atoms with Crippen LogP contribution in [0.2, 0.25) is 0 Å². The molecule has 3 unspecified atom stereocenters. The molecule has 8 heteroatoms. The van der Waals surface area contributed by atoms with Crippen LogP contribution in [0.25, 0.3) is 0 Å². The van der Waals surface area contributed by atoms with Gasteiger partial charge in [0.15, 0.2) is 17.5 Å². The first kappa shape index (κ1) is 25.6. The smallest absolute Gasteiger partial charge is 0.193 e. The van der Waals surface area contributed by atoms with Crippen LogP contribution < -0.4 is 14.8 Å². The summed E-state index contributed by atoms with van der Waals surface area (Å²) in [5.74, 6) is 2.37. The summed E-state index contributed by atoms with van der Waals surface area (Å²) in [7, 11) is 3.49. The zero-order valence-corrected chi connectivity index (χ0v) is 22.0.